The number of hydrogen-bond acceptors (Lipinski definition) is 4. The van der Waals surface area contributed by atoms with Crippen molar-refractivity contribution < 1.29 is 4.74 Å². The lowest BCUT2D eigenvalue weighted by molar-refractivity contribution is 0.189. The molecule has 0 saturated carbocycles. The van der Waals surface area contributed by atoms with E-state index in [1.165, 1.54) is 0 Å². The highest BCUT2D eigenvalue weighted by Crippen LogP contribution is 2.09. The number of benzene rings is 1. The molecule has 1 aliphatic rings. The van der Waals surface area contributed by atoms with Gasteiger partial charge in [-0.15, -0.1) is 0 Å². The first kappa shape index (κ1) is 10.6. The van der Waals surface area contributed by atoms with Crippen LogP contribution in [0.1, 0.15) is 12.1 Å². The zero-order valence-corrected chi connectivity index (χ0v) is 9.60. The van der Waals surface area contributed by atoms with Crippen molar-refractivity contribution in [2.45, 2.75) is 19.0 Å². The quantitative estimate of drug-likeness (QED) is 0.866. The third-order valence-electron chi connectivity index (χ3n) is 3.00. The van der Waals surface area contributed by atoms with Crippen LogP contribution in [-0.2, 0) is 11.3 Å². The largest absolute Gasteiger partial charge is 0.380 e. The van der Waals surface area contributed by atoms with Gasteiger partial charge in [-0.1, -0.05) is 12.1 Å². The number of nitrogens with one attached hydrogen (secondary N) is 1. The molecule has 0 radical (unpaired) electrons. The van der Waals surface area contributed by atoms with Crippen LogP contribution < -0.4 is 5.32 Å². The van der Waals surface area contributed by atoms with E-state index in [1.54, 1.807) is 0 Å². The molecular weight excluding hydrogens is 214 g/mol. The Morgan fingerprint density at radius 3 is 3.00 bits per heavy atom. The molecule has 1 fully saturated rings. The second-order valence-electron chi connectivity index (χ2n) is 4.29. The summed E-state index contributed by atoms with van der Waals surface area (Å²) < 4.78 is 5.32. The molecule has 1 atom stereocenters. The smallest absolute Gasteiger partial charge is 0.0890 e. The number of nitrogens with zero attached hydrogens (tertiary/aromatic N) is 2. The molecular formula is C13H15N3O. The van der Waals surface area contributed by atoms with Crippen molar-refractivity contribution in [1.82, 2.24) is 15.3 Å². The Morgan fingerprint density at radius 2 is 2.18 bits per heavy atom. The lowest BCUT2D eigenvalue weighted by atomic mass is 10.2. The summed E-state index contributed by atoms with van der Waals surface area (Å²) >= 11 is 0. The molecule has 1 N–H and O–H groups in total. The van der Waals surface area contributed by atoms with Gasteiger partial charge < -0.3 is 10.1 Å². The molecule has 0 amide bonds. The molecule has 88 valence electrons. The molecule has 2 heterocycles. The van der Waals surface area contributed by atoms with Gasteiger partial charge >= 0.3 is 0 Å². The molecule has 1 aromatic heterocycles. The summed E-state index contributed by atoms with van der Waals surface area (Å²) in [6, 6.07) is 8.39. The van der Waals surface area contributed by atoms with Crippen LogP contribution in [0.5, 0.6) is 0 Å². The topological polar surface area (TPSA) is 47.0 Å². The minimum atomic E-state index is 0.461. The van der Waals surface area contributed by atoms with E-state index in [-0.39, 0.29) is 0 Å². The second kappa shape index (κ2) is 4.77. The Bertz CT molecular complexity index is 509. The first-order valence-corrected chi connectivity index (χ1v) is 5.93. The summed E-state index contributed by atoms with van der Waals surface area (Å²) in [4.78, 5) is 8.96. The summed E-state index contributed by atoms with van der Waals surface area (Å²) in [5.41, 5.74) is 2.88. The fourth-order valence-corrected chi connectivity index (χ4v) is 2.03. The average molecular weight is 229 g/mol. The number of para-hydroxylation sites is 2. The minimum Gasteiger partial charge on any atom is -0.380 e. The molecule has 1 aliphatic heterocycles. The highest BCUT2D eigenvalue weighted by Gasteiger charge is 2.14. The van der Waals surface area contributed by atoms with Gasteiger partial charge in [0.15, 0.2) is 0 Å². The summed E-state index contributed by atoms with van der Waals surface area (Å²) in [5.74, 6) is 0. The third-order valence-corrected chi connectivity index (χ3v) is 3.00. The molecule has 0 aliphatic carbocycles. The van der Waals surface area contributed by atoms with Crippen LogP contribution in [0.25, 0.3) is 11.0 Å². The summed E-state index contributed by atoms with van der Waals surface area (Å²) in [6.07, 6.45) is 2.92. The molecule has 4 heteroatoms. The number of rotatable bonds is 3. The van der Waals surface area contributed by atoms with E-state index in [1.807, 2.05) is 30.5 Å². The Morgan fingerprint density at radius 1 is 1.29 bits per heavy atom. The van der Waals surface area contributed by atoms with Crippen molar-refractivity contribution in [2.75, 3.05) is 13.2 Å². The molecule has 0 bridgehead atoms. The molecule has 0 spiro atoms. The predicted molar refractivity (Wildman–Crippen MR) is 65.6 cm³/mol. The van der Waals surface area contributed by atoms with E-state index in [2.05, 4.69) is 15.3 Å². The Hall–Kier alpha value is -1.52. The third kappa shape index (κ3) is 2.43. The fourth-order valence-electron chi connectivity index (χ4n) is 2.03. The van der Waals surface area contributed by atoms with E-state index < -0.39 is 0 Å². The Balaban J connectivity index is 1.72. The maximum absolute atomic E-state index is 5.32. The van der Waals surface area contributed by atoms with E-state index in [0.29, 0.717) is 6.04 Å². The zero-order chi connectivity index (χ0) is 11.5. The molecule has 4 nitrogen and oxygen atoms in total. The first-order valence-electron chi connectivity index (χ1n) is 5.93. The average Bonchev–Trinajstić information content (AvgIpc) is 2.89. The Kier molecular flexibility index (Phi) is 2.98. The fraction of sp³-hybridized carbons (Fsp3) is 0.385. The lowest BCUT2D eigenvalue weighted by Crippen LogP contribution is -2.28. The molecule has 3 rings (SSSR count). The second-order valence-corrected chi connectivity index (χ2v) is 4.29. The van der Waals surface area contributed by atoms with Gasteiger partial charge in [0.05, 0.1) is 29.5 Å². The van der Waals surface area contributed by atoms with Crippen LogP contribution in [0, 0.1) is 0 Å². The van der Waals surface area contributed by atoms with Gasteiger partial charge in [0.25, 0.3) is 0 Å². The molecule has 2 aromatic rings. The highest BCUT2D eigenvalue weighted by molar-refractivity contribution is 5.73. The van der Waals surface area contributed by atoms with Crippen molar-refractivity contribution >= 4 is 11.0 Å². The molecule has 1 saturated heterocycles. The monoisotopic (exact) mass is 229 g/mol. The SMILES string of the molecule is c1ccc2nc(CNC3CCOC3)cnc2c1. The number of aromatic nitrogens is 2. The van der Waals surface area contributed by atoms with Crippen LogP contribution in [0.15, 0.2) is 30.5 Å². The van der Waals surface area contributed by atoms with Crippen LogP contribution in [0.2, 0.25) is 0 Å². The summed E-state index contributed by atoms with van der Waals surface area (Å²) in [6.45, 7) is 2.42. The maximum atomic E-state index is 5.32. The van der Waals surface area contributed by atoms with E-state index in [4.69, 9.17) is 4.74 Å². The minimum absolute atomic E-state index is 0.461. The number of fused-ring (bicyclic) bond motifs is 1. The maximum Gasteiger partial charge on any atom is 0.0890 e. The molecule has 1 aromatic carbocycles. The van der Waals surface area contributed by atoms with Crippen LogP contribution in [-0.4, -0.2) is 29.2 Å². The van der Waals surface area contributed by atoms with Crippen molar-refractivity contribution in [1.29, 1.82) is 0 Å². The molecule has 1 unspecified atom stereocenters. The number of ether oxygens (including phenoxy) is 1. The standard InChI is InChI=1S/C13H15N3O/c1-2-4-13-12(3-1)15-8-11(16-13)7-14-10-5-6-17-9-10/h1-4,8,10,14H,5-7,9H2. The van der Waals surface area contributed by atoms with Crippen LogP contribution >= 0.6 is 0 Å². The van der Waals surface area contributed by atoms with Crippen LogP contribution in [0.3, 0.4) is 0 Å². The van der Waals surface area contributed by atoms with Gasteiger partial charge in [-0.2, -0.15) is 0 Å². The highest BCUT2D eigenvalue weighted by atomic mass is 16.5. The van der Waals surface area contributed by atoms with Gasteiger partial charge in [-0.3, -0.25) is 4.98 Å². The number of hydrogen-bond donors (Lipinski definition) is 1. The van der Waals surface area contributed by atoms with Crippen molar-refractivity contribution in [2.24, 2.45) is 0 Å². The Labute approximate surface area is 100 Å². The zero-order valence-electron chi connectivity index (χ0n) is 9.60. The summed E-state index contributed by atoms with van der Waals surface area (Å²) in [7, 11) is 0. The predicted octanol–water partition coefficient (Wildman–Crippen LogP) is 1.51. The van der Waals surface area contributed by atoms with Crippen molar-refractivity contribution in [3.05, 3.63) is 36.2 Å². The van der Waals surface area contributed by atoms with Gasteiger partial charge in [0.1, 0.15) is 0 Å². The molecule has 17 heavy (non-hydrogen) atoms. The van der Waals surface area contributed by atoms with Crippen molar-refractivity contribution in [3.8, 4) is 0 Å². The van der Waals surface area contributed by atoms with Gasteiger partial charge in [-0.05, 0) is 18.6 Å². The van der Waals surface area contributed by atoms with Crippen LogP contribution in [0.4, 0.5) is 0 Å². The lowest BCUT2D eigenvalue weighted by Gasteiger charge is -2.09. The van der Waals surface area contributed by atoms with Gasteiger partial charge in [0.2, 0.25) is 0 Å². The van der Waals surface area contributed by atoms with Gasteiger partial charge in [-0.25, -0.2) is 4.98 Å². The van der Waals surface area contributed by atoms with E-state index in [0.717, 1.165) is 42.9 Å². The normalized spacial score (nSPS) is 19.9. The van der Waals surface area contributed by atoms with E-state index in [9.17, 15) is 0 Å². The summed E-state index contributed by atoms with van der Waals surface area (Å²) in [5, 5.41) is 3.44. The van der Waals surface area contributed by atoms with E-state index >= 15 is 0 Å². The van der Waals surface area contributed by atoms with Crippen molar-refractivity contribution in [3.63, 3.8) is 0 Å². The first-order chi connectivity index (χ1) is 8.42. The van der Waals surface area contributed by atoms with Gasteiger partial charge in [0, 0.05) is 19.2 Å².